The van der Waals surface area contributed by atoms with E-state index in [0.717, 1.165) is 29.2 Å². The normalized spacial score (nSPS) is 14.4. The molecule has 12 heavy (non-hydrogen) atoms. The molecule has 0 fully saturated rings. The number of hydrogen-bond acceptors (Lipinski definition) is 1. The zero-order valence-corrected chi connectivity index (χ0v) is 8.23. The molecule has 1 aromatic rings. The summed E-state index contributed by atoms with van der Waals surface area (Å²) in [4.78, 5) is 10.5. The first kappa shape index (κ1) is 7.99. The number of aryl methyl sites for hydroxylation is 1. The number of benzene rings is 1. The van der Waals surface area contributed by atoms with Crippen LogP contribution in [-0.2, 0) is 12.8 Å². The lowest BCUT2D eigenvalue weighted by molar-refractivity contribution is 0.112. The molecule has 0 aliphatic heterocycles. The largest absolute Gasteiger partial charge is 0.298 e. The van der Waals surface area contributed by atoms with Gasteiger partial charge in [-0.1, -0.05) is 15.9 Å². The zero-order chi connectivity index (χ0) is 8.55. The number of aldehydes is 1. The van der Waals surface area contributed by atoms with E-state index in [2.05, 4.69) is 15.9 Å². The monoisotopic (exact) mass is 224 g/mol. The van der Waals surface area contributed by atoms with Crippen molar-refractivity contribution < 1.29 is 4.79 Å². The Labute approximate surface area is 79.9 Å². The lowest BCUT2D eigenvalue weighted by atomic mass is 10.1. The van der Waals surface area contributed by atoms with Crippen LogP contribution >= 0.6 is 15.9 Å². The Morgan fingerprint density at radius 1 is 1.33 bits per heavy atom. The van der Waals surface area contributed by atoms with E-state index in [4.69, 9.17) is 0 Å². The van der Waals surface area contributed by atoms with Gasteiger partial charge in [0.1, 0.15) is 6.29 Å². The first-order chi connectivity index (χ1) is 5.81. The van der Waals surface area contributed by atoms with Crippen molar-refractivity contribution in [2.24, 2.45) is 0 Å². The Hall–Kier alpha value is -0.630. The van der Waals surface area contributed by atoms with E-state index < -0.39 is 0 Å². The summed E-state index contributed by atoms with van der Waals surface area (Å²) in [6.07, 6.45) is 4.39. The fourth-order valence-corrected chi connectivity index (χ4v) is 2.46. The molecular formula is C10H9BrO. The molecular weight excluding hydrogens is 216 g/mol. The Kier molecular flexibility index (Phi) is 2.01. The number of carbonyl (C=O) groups is 1. The van der Waals surface area contributed by atoms with Gasteiger partial charge < -0.3 is 0 Å². The molecule has 0 saturated carbocycles. The molecule has 1 nitrogen and oxygen atoms in total. The van der Waals surface area contributed by atoms with E-state index >= 15 is 0 Å². The molecule has 0 bridgehead atoms. The van der Waals surface area contributed by atoms with E-state index in [0.29, 0.717) is 0 Å². The topological polar surface area (TPSA) is 17.1 Å². The lowest BCUT2D eigenvalue weighted by Crippen LogP contribution is -1.88. The minimum absolute atomic E-state index is 0.780. The standard InChI is InChI=1S/C10H9BrO/c11-10-5-7(6-12)4-8-2-1-3-9(8)10/h4-6H,1-3H2. The summed E-state index contributed by atoms with van der Waals surface area (Å²) in [6, 6.07) is 3.90. The Morgan fingerprint density at radius 3 is 2.92 bits per heavy atom. The second kappa shape index (κ2) is 3.02. The van der Waals surface area contributed by atoms with E-state index in [1.807, 2.05) is 12.1 Å². The molecule has 0 saturated heterocycles. The third kappa shape index (κ3) is 1.20. The van der Waals surface area contributed by atoms with Crippen molar-refractivity contribution in [3.63, 3.8) is 0 Å². The Morgan fingerprint density at radius 2 is 2.17 bits per heavy atom. The molecule has 1 aliphatic rings. The SMILES string of the molecule is O=Cc1cc(Br)c2c(c1)CCC2. The van der Waals surface area contributed by atoms with E-state index in [-0.39, 0.29) is 0 Å². The highest BCUT2D eigenvalue weighted by atomic mass is 79.9. The first-order valence-corrected chi connectivity index (χ1v) is 4.87. The third-order valence-corrected chi connectivity index (χ3v) is 3.03. The van der Waals surface area contributed by atoms with Crippen LogP contribution < -0.4 is 0 Å². The average Bonchev–Trinajstić information content (AvgIpc) is 2.52. The number of rotatable bonds is 1. The molecule has 0 radical (unpaired) electrons. The Bertz CT molecular complexity index is 331. The average molecular weight is 225 g/mol. The fraction of sp³-hybridized carbons (Fsp3) is 0.300. The fourth-order valence-electron chi connectivity index (χ4n) is 1.74. The predicted octanol–water partition coefficient (Wildman–Crippen LogP) is 2.75. The molecule has 0 aromatic heterocycles. The summed E-state index contributed by atoms with van der Waals surface area (Å²) in [5.41, 5.74) is 3.51. The molecule has 0 N–H and O–H groups in total. The second-order valence-corrected chi connectivity index (χ2v) is 3.97. The maximum absolute atomic E-state index is 10.5. The van der Waals surface area contributed by atoms with Crippen LogP contribution in [0.15, 0.2) is 16.6 Å². The molecule has 1 aromatic carbocycles. The van der Waals surface area contributed by atoms with Crippen LogP contribution in [0, 0.1) is 0 Å². The van der Waals surface area contributed by atoms with Crippen molar-refractivity contribution in [2.75, 3.05) is 0 Å². The van der Waals surface area contributed by atoms with Gasteiger partial charge in [0, 0.05) is 10.0 Å². The zero-order valence-electron chi connectivity index (χ0n) is 6.64. The van der Waals surface area contributed by atoms with E-state index in [1.165, 1.54) is 17.5 Å². The van der Waals surface area contributed by atoms with Crippen molar-refractivity contribution in [1.29, 1.82) is 0 Å². The summed E-state index contributed by atoms with van der Waals surface area (Å²) in [6.45, 7) is 0. The van der Waals surface area contributed by atoms with Crippen molar-refractivity contribution in [3.8, 4) is 0 Å². The minimum Gasteiger partial charge on any atom is -0.298 e. The first-order valence-electron chi connectivity index (χ1n) is 4.08. The molecule has 62 valence electrons. The summed E-state index contributed by atoms with van der Waals surface area (Å²) in [5, 5.41) is 0. The van der Waals surface area contributed by atoms with Crippen LogP contribution in [0.25, 0.3) is 0 Å². The second-order valence-electron chi connectivity index (χ2n) is 3.11. The van der Waals surface area contributed by atoms with Gasteiger partial charge in [-0.2, -0.15) is 0 Å². The molecule has 0 spiro atoms. The predicted molar refractivity (Wildman–Crippen MR) is 51.6 cm³/mol. The highest BCUT2D eigenvalue weighted by molar-refractivity contribution is 9.10. The van der Waals surface area contributed by atoms with Gasteiger partial charge in [0.15, 0.2) is 0 Å². The molecule has 0 heterocycles. The quantitative estimate of drug-likeness (QED) is 0.671. The highest BCUT2D eigenvalue weighted by Crippen LogP contribution is 2.29. The number of carbonyl (C=O) groups excluding carboxylic acids is 1. The van der Waals surface area contributed by atoms with Gasteiger partial charge in [-0.25, -0.2) is 0 Å². The highest BCUT2D eigenvalue weighted by Gasteiger charge is 2.14. The number of fused-ring (bicyclic) bond motifs is 1. The number of hydrogen-bond donors (Lipinski definition) is 0. The molecule has 1 aliphatic carbocycles. The summed E-state index contributed by atoms with van der Waals surface area (Å²) < 4.78 is 1.10. The van der Waals surface area contributed by atoms with Crippen molar-refractivity contribution >= 4 is 22.2 Å². The van der Waals surface area contributed by atoms with E-state index in [9.17, 15) is 4.79 Å². The van der Waals surface area contributed by atoms with Crippen LogP contribution in [0.1, 0.15) is 27.9 Å². The van der Waals surface area contributed by atoms with Crippen LogP contribution in [0.2, 0.25) is 0 Å². The Balaban J connectivity index is 2.58. The van der Waals surface area contributed by atoms with Gasteiger partial charge in [-0.05, 0) is 42.5 Å². The number of halogens is 1. The van der Waals surface area contributed by atoms with Crippen LogP contribution in [-0.4, -0.2) is 6.29 Å². The molecule has 0 amide bonds. The molecule has 2 heteroatoms. The van der Waals surface area contributed by atoms with Crippen LogP contribution in [0.3, 0.4) is 0 Å². The van der Waals surface area contributed by atoms with Gasteiger partial charge in [-0.3, -0.25) is 4.79 Å². The van der Waals surface area contributed by atoms with Crippen molar-refractivity contribution in [2.45, 2.75) is 19.3 Å². The minimum atomic E-state index is 0.780. The van der Waals surface area contributed by atoms with Gasteiger partial charge in [0.25, 0.3) is 0 Å². The van der Waals surface area contributed by atoms with Gasteiger partial charge >= 0.3 is 0 Å². The maximum Gasteiger partial charge on any atom is 0.150 e. The molecule has 0 atom stereocenters. The maximum atomic E-state index is 10.5. The lowest BCUT2D eigenvalue weighted by Gasteiger charge is -2.02. The smallest absolute Gasteiger partial charge is 0.150 e. The molecule has 2 rings (SSSR count). The molecule has 0 unspecified atom stereocenters. The van der Waals surface area contributed by atoms with E-state index in [1.54, 1.807) is 0 Å². The van der Waals surface area contributed by atoms with Crippen molar-refractivity contribution in [3.05, 3.63) is 33.3 Å². The van der Waals surface area contributed by atoms with Crippen LogP contribution in [0.4, 0.5) is 0 Å². The summed E-state index contributed by atoms with van der Waals surface area (Å²) in [5.74, 6) is 0. The van der Waals surface area contributed by atoms with Gasteiger partial charge in [0.2, 0.25) is 0 Å². The third-order valence-electron chi connectivity index (χ3n) is 2.32. The van der Waals surface area contributed by atoms with Gasteiger partial charge in [0.05, 0.1) is 0 Å². The van der Waals surface area contributed by atoms with Crippen LogP contribution in [0.5, 0.6) is 0 Å². The van der Waals surface area contributed by atoms with Crippen molar-refractivity contribution in [1.82, 2.24) is 0 Å². The summed E-state index contributed by atoms with van der Waals surface area (Å²) >= 11 is 3.48. The van der Waals surface area contributed by atoms with Gasteiger partial charge in [-0.15, -0.1) is 0 Å². The summed E-state index contributed by atoms with van der Waals surface area (Å²) in [7, 11) is 0.